The van der Waals surface area contributed by atoms with Gasteiger partial charge >= 0.3 is 0 Å². The lowest BCUT2D eigenvalue weighted by Gasteiger charge is -2.42. The molecule has 1 aliphatic heterocycles. The van der Waals surface area contributed by atoms with E-state index in [1.807, 2.05) is 6.20 Å². The Bertz CT molecular complexity index is 399. The fraction of sp³-hybridized carbons (Fsp3) is 0.583. The van der Waals surface area contributed by atoms with Gasteiger partial charge in [-0.3, -0.25) is 0 Å². The highest BCUT2D eigenvalue weighted by molar-refractivity contribution is 9.10. The zero-order valence-electron chi connectivity index (χ0n) is 9.22. The molecular formula is C12H16BrN3. The molecule has 0 atom stereocenters. The largest absolute Gasteiger partial charge is 0.380 e. The smallest absolute Gasteiger partial charge is 0.149 e. The molecule has 1 spiro atoms. The maximum atomic E-state index is 4.45. The van der Waals surface area contributed by atoms with Crippen LogP contribution in [0.2, 0.25) is 0 Å². The van der Waals surface area contributed by atoms with Crippen LogP contribution in [0.25, 0.3) is 0 Å². The maximum absolute atomic E-state index is 4.45. The number of aromatic nitrogens is 1. The number of rotatable bonds is 0. The number of halogens is 1. The second-order valence-corrected chi connectivity index (χ2v) is 5.78. The molecule has 0 unspecified atom stereocenters. The summed E-state index contributed by atoms with van der Waals surface area (Å²) in [5.74, 6) is 1.01. The summed E-state index contributed by atoms with van der Waals surface area (Å²) in [4.78, 5) is 4.45. The van der Waals surface area contributed by atoms with Crippen LogP contribution < -0.4 is 10.6 Å². The van der Waals surface area contributed by atoms with Gasteiger partial charge in [0.25, 0.3) is 0 Å². The van der Waals surface area contributed by atoms with Crippen LogP contribution in [-0.2, 0) is 0 Å². The lowest BCUT2D eigenvalue weighted by Crippen LogP contribution is -2.49. The monoisotopic (exact) mass is 281 g/mol. The summed E-state index contributed by atoms with van der Waals surface area (Å²) in [6.07, 6.45) is 8.43. The average Bonchev–Trinajstić information content (AvgIpc) is 2.31. The molecule has 0 radical (unpaired) electrons. The Morgan fingerprint density at radius 3 is 2.88 bits per heavy atom. The summed E-state index contributed by atoms with van der Waals surface area (Å²) in [5, 5.41) is 7.15. The van der Waals surface area contributed by atoms with E-state index in [2.05, 4.69) is 37.6 Å². The molecule has 86 valence electrons. The van der Waals surface area contributed by atoms with Crippen molar-refractivity contribution < 1.29 is 0 Å². The zero-order valence-corrected chi connectivity index (χ0v) is 10.8. The van der Waals surface area contributed by atoms with Crippen LogP contribution in [0.1, 0.15) is 32.1 Å². The van der Waals surface area contributed by atoms with Gasteiger partial charge in [0, 0.05) is 17.2 Å². The minimum atomic E-state index is 0.256. The van der Waals surface area contributed by atoms with Crippen molar-refractivity contribution >= 4 is 27.4 Å². The van der Waals surface area contributed by atoms with Crippen molar-refractivity contribution in [2.24, 2.45) is 0 Å². The number of nitrogens with zero attached hydrogens (tertiary/aromatic N) is 1. The van der Waals surface area contributed by atoms with Crippen LogP contribution in [-0.4, -0.2) is 17.1 Å². The molecule has 2 aliphatic rings. The van der Waals surface area contributed by atoms with E-state index in [0.29, 0.717) is 0 Å². The van der Waals surface area contributed by atoms with Gasteiger partial charge in [-0.2, -0.15) is 0 Å². The summed E-state index contributed by atoms with van der Waals surface area (Å²) < 4.78 is 1.03. The highest BCUT2D eigenvalue weighted by atomic mass is 79.9. The summed E-state index contributed by atoms with van der Waals surface area (Å²) in [7, 11) is 0. The number of nitrogens with one attached hydrogen (secondary N) is 2. The lowest BCUT2D eigenvalue weighted by molar-refractivity contribution is 0.333. The Morgan fingerprint density at radius 1 is 1.25 bits per heavy atom. The van der Waals surface area contributed by atoms with Crippen molar-refractivity contribution in [3.05, 3.63) is 16.7 Å². The zero-order chi connectivity index (χ0) is 11.0. The van der Waals surface area contributed by atoms with Crippen molar-refractivity contribution in [2.75, 3.05) is 17.2 Å². The Hall–Kier alpha value is -0.770. The molecule has 0 bridgehead atoms. The minimum absolute atomic E-state index is 0.256. The van der Waals surface area contributed by atoms with Gasteiger partial charge in [0.1, 0.15) is 5.82 Å². The molecule has 1 aromatic heterocycles. The van der Waals surface area contributed by atoms with Gasteiger partial charge in [-0.15, -0.1) is 0 Å². The van der Waals surface area contributed by atoms with E-state index in [1.54, 1.807) is 0 Å². The first-order valence-corrected chi connectivity index (χ1v) is 6.74. The van der Waals surface area contributed by atoms with Crippen LogP contribution in [0.15, 0.2) is 16.7 Å². The Labute approximate surface area is 104 Å². The third-order valence-corrected chi connectivity index (χ3v) is 4.10. The van der Waals surface area contributed by atoms with Crippen LogP contribution in [0.4, 0.5) is 11.5 Å². The van der Waals surface area contributed by atoms with Crippen LogP contribution in [0.3, 0.4) is 0 Å². The topological polar surface area (TPSA) is 37.0 Å². The Kier molecular flexibility index (Phi) is 2.54. The lowest BCUT2D eigenvalue weighted by atomic mass is 9.80. The quantitative estimate of drug-likeness (QED) is 0.766. The van der Waals surface area contributed by atoms with E-state index in [4.69, 9.17) is 0 Å². The van der Waals surface area contributed by atoms with Crippen LogP contribution in [0, 0.1) is 0 Å². The predicted octanol–water partition coefficient (Wildman–Crippen LogP) is 3.38. The number of hydrogen-bond donors (Lipinski definition) is 2. The fourth-order valence-corrected chi connectivity index (χ4v) is 3.10. The van der Waals surface area contributed by atoms with E-state index in [-0.39, 0.29) is 5.54 Å². The highest BCUT2D eigenvalue weighted by Gasteiger charge is 2.35. The molecule has 1 fully saturated rings. The molecule has 16 heavy (non-hydrogen) atoms. The van der Waals surface area contributed by atoms with Gasteiger partial charge in [-0.25, -0.2) is 4.98 Å². The molecule has 1 aliphatic carbocycles. The van der Waals surface area contributed by atoms with Gasteiger partial charge in [-0.1, -0.05) is 19.3 Å². The molecule has 1 aromatic rings. The summed E-state index contributed by atoms with van der Waals surface area (Å²) >= 11 is 3.45. The number of hydrogen-bond acceptors (Lipinski definition) is 3. The highest BCUT2D eigenvalue weighted by Crippen LogP contribution is 2.37. The second kappa shape index (κ2) is 3.91. The van der Waals surface area contributed by atoms with E-state index >= 15 is 0 Å². The molecular weight excluding hydrogens is 266 g/mol. The first-order valence-electron chi connectivity index (χ1n) is 5.95. The molecule has 3 rings (SSSR count). The van der Waals surface area contributed by atoms with E-state index in [0.717, 1.165) is 22.5 Å². The van der Waals surface area contributed by atoms with Crippen molar-refractivity contribution in [2.45, 2.75) is 37.6 Å². The Morgan fingerprint density at radius 2 is 2.06 bits per heavy atom. The molecule has 0 aromatic carbocycles. The standard InChI is InChI=1S/C12H16BrN3/c13-9-6-10-11(14-7-9)16-12(8-15-10)4-2-1-3-5-12/h6-7,15H,1-5,8H2,(H,14,16). The molecule has 4 heteroatoms. The van der Waals surface area contributed by atoms with E-state index in [1.165, 1.54) is 32.1 Å². The van der Waals surface area contributed by atoms with Gasteiger partial charge in [0.15, 0.2) is 0 Å². The van der Waals surface area contributed by atoms with Crippen molar-refractivity contribution in [1.29, 1.82) is 0 Å². The first kappa shape index (κ1) is 10.4. The van der Waals surface area contributed by atoms with Gasteiger partial charge in [-0.05, 0) is 34.8 Å². The summed E-state index contributed by atoms with van der Waals surface area (Å²) in [5.41, 5.74) is 1.37. The third-order valence-electron chi connectivity index (χ3n) is 3.67. The summed E-state index contributed by atoms with van der Waals surface area (Å²) in [6, 6.07) is 2.09. The van der Waals surface area contributed by atoms with E-state index in [9.17, 15) is 0 Å². The van der Waals surface area contributed by atoms with E-state index < -0.39 is 0 Å². The van der Waals surface area contributed by atoms with Gasteiger partial charge < -0.3 is 10.6 Å². The molecule has 3 nitrogen and oxygen atoms in total. The number of anilines is 2. The Balaban J connectivity index is 1.88. The molecule has 2 heterocycles. The minimum Gasteiger partial charge on any atom is -0.380 e. The summed E-state index contributed by atoms with van der Waals surface area (Å²) in [6.45, 7) is 1.03. The van der Waals surface area contributed by atoms with Crippen molar-refractivity contribution in [3.63, 3.8) is 0 Å². The SMILES string of the molecule is Brc1cnc2c(c1)NCC1(CCCCC1)N2. The van der Waals surface area contributed by atoms with Crippen molar-refractivity contribution in [3.8, 4) is 0 Å². The molecule has 1 saturated carbocycles. The fourth-order valence-electron chi connectivity index (χ4n) is 2.76. The van der Waals surface area contributed by atoms with Crippen molar-refractivity contribution in [1.82, 2.24) is 4.98 Å². The van der Waals surface area contributed by atoms with Gasteiger partial charge in [0.05, 0.1) is 11.2 Å². The molecule has 0 saturated heterocycles. The van der Waals surface area contributed by atoms with Gasteiger partial charge in [0.2, 0.25) is 0 Å². The number of fused-ring (bicyclic) bond motifs is 1. The normalized spacial score (nSPS) is 22.1. The molecule has 0 amide bonds. The first-order chi connectivity index (χ1) is 7.77. The maximum Gasteiger partial charge on any atom is 0.149 e. The predicted molar refractivity (Wildman–Crippen MR) is 69.9 cm³/mol. The van der Waals surface area contributed by atoms with Crippen LogP contribution >= 0.6 is 15.9 Å². The second-order valence-electron chi connectivity index (χ2n) is 4.87. The van der Waals surface area contributed by atoms with Crippen LogP contribution in [0.5, 0.6) is 0 Å². The number of pyridine rings is 1. The third kappa shape index (κ3) is 1.79. The molecule has 2 N–H and O–H groups in total. The average molecular weight is 282 g/mol.